The molecule has 2 aliphatic carbocycles. The van der Waals surface area contributed by atoms with Crippen LogP contribution >= 0.6 is 0 Å². The second-order valence-electron chi connectivity index (χ2n) is 6.94. The average Bonchev–Trinajstić information content (AvgIpc) is 2.35. The molecule has 1 amide bonds. The zero-order chi connectivity index (χ0) is 14.0. The SMILES string of the molecule is CCOC1CC(CC(=O)NC2CCNC3(CCC3)C2)C1. The summed E-state index contributed by atoms with van der Waals surface area (Å²) >= 11 is 0. The van der Waals surface area contributed by atoms with Gasteiger partial charge in [0, 0.05) is 24.6 Å². The van der Waals surface area contributed by atoms with Crippen molar-refractivity contribution < 1.29 is 9.53 Å². The quantitative estimate of drug-likeness (QED) is 0.809. The summed E-state index contributed by atoms with van der Waals surface area (Å²) in [5, 5.41) is 6.92. The van der Waals surface area contributed by atoms with Crippen LogP contribution in [0, 0.1) is 5.92 Å². The molecule has 0 radical (unpaired) electrons. The highest BCUT2D eigenvalue weighted by Gasteiger charge is 2.41. The number of carbonyl (C=O) groups excluding carboxylic acids is 1. The number of hydrogen-bond acceptors (Lipinski definition) is 3. The van der Waals surface area contributed by atoms with Gasteiger partial charge in [-0.25, -0.2) is 0 Å². The summed E-state index contributed by atoms with van der Waals surface area (Å²) in [6, 6.07) is 0.395. The molecule has 4 nitrogen and oxygen atoms in total. The summed E-state index contributed by atoms with van der Waals surface area (Å²) in [5.41, 5.74) is 0.368. The number of rotatable bonds is 5. The van der Waals surface area contributed by atoms with Gasteiger partial charge in [0.25, 0.3) is 0 Å². The van der Waals surface area contributed by atoms with Crippen LogP contribution in [0.4, 0.5) is 0 Å². The molecule has 1 atom stereocenters. The zero-order valence-corrected chi connectivity index (χ0v) is 12.6. The van der Waals surface area contributed by atoms with Crippen LogP contribution in [0.1, 0.15) is 58.3 Å². The molecule has 1 aliphatic heterocycles. The maximum absolute atomic E-state index is 12.1. The lowest BCUT2D eigenvalue weighted by Gasteiger charge is -2.48. The third-order valence-electron chi connectivity index (χ3n) is 5.37. The van der Waals surface area contributed by atoms with E-state index in [1.165, 1.54) is 19.3 Å². The molecule has 3 fully saturated rings. The van der Waals surface area contributed by atoms with Gasteiger partial charge in [0.05, 0.1) is 6.10 Å². The number of amides is 1. The van der Waals surface area contributed by atoms with Crippen LogP contribution in [0.15, 0.2) is 0 Å². The van der Waals surface area contributed by atoms with Crippen molar-refractivity contribution in [2.75, 3.05) is 13.2 Å². The van der Waals surface area contributed by atoms with E-state index in [0.717, 1.165) is 38.8 Å². The Morgan fingerprint density at radius 3 is 2.85 bits per heavy atom. The van der Waals surface area contributed by atoms with Crippen LogP contribution < -0.4 is 10.6 Å². The Morgan fingerprint density at radius 1 is 1.40 bits per heavy atom. The van der Waals surface area contributed by atoms with Crippen molar-refractivity contribution in [1.29, 1.82) is 0 Å². The summed E-state index contributed by atoms with van der Waals surface area (Å²) < 4.78 is 5.55. The van der Waals surface area contributed by atoms with Crippen molar-refractivity contribution in [3.63, 3.8) is 0 Å². The second kappa shape index (κ2) is 6.02. The maximum Gasteiger partial charge on any atom is 0.220 e. The minimum atomic E-state index is 0.256. The Morgan fingerprint density at radius 2 is 2.20 bits per heavy atom. The Bertz CT molecular complexity index is 348. The van der Waals surface area contributed by atoms with Crippen molar-refractivity contribution in [2.45, 2.75) is 76.0 Å². The van der Waals surface area contributed by atoms with Gasteiger partial charge in [0.2, 0.25) is 5.91 Å². The minimum absolute atomic E-state index is 0.256. The lowest BCUT2D eigenvalue weighted by Crippen LogP contribution is -2.59. The van der Waals surface area contributed by atoms with E-state index in [2.05, 4.69) is 10.6 Å². The minimum Gasteiger partial charge on any atom is -0.378 e. The van der Waals surface area contributed by atoms with Crippen LogP contribution in [0.25, 0.3) is 0 Å². The second-order valence-corrected chi connectivity index (χ2v) is 6.94. The molecule has 3 aliphatic rings. The van der Waals surface area contributed by atoms with E-state index in [-0.39, 0.29) is 5.91 Å². The van der Waals surface area contributed by atoms with E-state index in [1.54, 1.807) is 0 Å². The maximum atomic E-state index is 12.1. The molecule has 1 heterocycles. The Balaban J connectivity index is 1.36. The van der Waals surface area contributed by atoms with Crippen molar-refractivity contribution in [3.8, 4) is 0 Å². The zero-order valence-electron chi connectivity index (χ0n) is 12.6. The van der Waals surface area contributed by atoms with Crippen LogP contribution in [0.2, 0.25) is 0 Å². The molecule has 0 bridgehead atoms. The van der Waals surface area contributed by atoms with E-state index in [9.17, 15) is 4.79 Å². The smallest absolute Gasteiger partial charge is 0.220 e. The number of piperidine rings is 1. The summed E-state index contributed by atoms with van der Waals surface area (Å²) in [6.07, 6.45) is 9.37. The van der Waals surface area contributed by atoms with Crippen LogP contribution in [-0.4, -0.2) is 36.7 Å². The molecular formula is C16H28N2O2. The van der Waals surface area contributed by atoms with Crippen LogP contribution in [-0.2, 0) is 9.53 Å². The van der Waals surface area contributed by atoms with Gasteiger partial charge in [-0.05, 0) is 64.3 Å². The van der Waals surface area contributed by atoms with Crippen LogP contribution in [0.5, 0.6) is 0 Å². The largest absolute Gasteiger partial charge is 0.378 e. The summed E-state index contributed by atoms with van der Waals surface area (Å²) in [5.74, 6) is 0.803. The molecule has 4 heteroatoms. The molecule has 1 unspecified atom stereocenters. The number of ether oxygens (including phenoxy) is 1. The third-order valence-corrected chi connectivity index (χ3v) is 5.37. The predicted octanol–water partition coefficient (Wildman–Crippen LogP) is 1.98. The van der Waals surface area contributed by atoms with Gasteiger partial charge >= 0.3 is 0 Å². The lowest BCUT2D eigenvalue weighted by molar-refractivity contribution is -0.125. The highest BCUT2D eigenvalue weighted by Crippen LogP contribution is 2.38. The fourth-order valence-corrected chi connectivity index (χ4v) is 4.03. The van der Waals surface area contributed by atoms with Gasteiger partial charge < -0.3 is 15.4 Å². The molecular weight excluding hydrogens is 252 g/mol. The van der Waals surface area contributed by atoms with Crippen molar-refractivity contribution >= 4 is 5.91 Å². The molecule has 1 saturated heterocycles. The van der Waals surface area contributed by atoms with Crippen molar-refractivity contribution in [2.24, 2.45) is 5.92 Å². The van der Waals surface area contributed by atoms with Gasteiger partial charge in [0.1, 0.15) is 0 Å². The summed E-state index contributed by atoms with van der Waals surface area (Å²) in [4.78, 5) is 12.1. The third kappa shape index (κ3) is 3.17. The molecule has 20 heavy (non-hydrogen) atoms. The van der Waals surface area contributed by atoms with E-state index in [0.29, 0.717) is 30.0 Å². The monoisotopic (exact) mass is 280 g/mol. The Labute approximate surface area is 122 Å². The van der Waals surface area contributed by atoms with Gasteiger partial charge in [-0.1, -0.05) is 0 Å². The van der Waals surface area contributed by atoms with E-state index in [1.807, 2.05) is 6.92 Å². The molecule has 1 spiro atoms. The van der Waals surface area contributed by atoms with E-state index in [4.69, 9.17) is 4.74 Å². The Hall–Kier alpha value is -0.610. The fourth-order valence-electron chi connectivity index (χ4n) is 4.03. The summed E-state index contributed by atoms with van der Waals surface area (Å²) in [7, 11) is 0. The first-order valence-electron chi connectivity index (χ1n) is 8.35. The number of hydrogen-bond donors (Lipinski definition) is 2. The average molecular weight is 280 g/mol. The number of carbonyl (C=O) groups is 1. The van der Waals surface area contributed by atoms with E-state index < -0.39 is 0 Å². The molecule has 0 aromatic heterocycles. The van der Waals surface area contributed by atoms with Gasteiger partial charge in [-0.3, -0.25) is 4.79 Å². The topological polar surface area (TPSA) is 50.4 Å². The molecule has 3 rings (SSSR count). The molecule has 2 saturated carbocycles. The molecule has 0 aromatic carbocycles. The van der Waals surface area contributed by atoms with Crippen molar-refractivity contribution in [1.82, 2.24) is 10.6 Å². The fraction of sp³-hybridized carbons (Fsp3) is 0.938. The number of nitrogens with one attached hydrogen (secondary N) is 2. The highest BCUT2D eigenvalue weighted by atomic mass is 16.5. The molecule has 2 N–H and O–H groups in total. The lowest BCUT2D eigenvalue weighted by atomic mass is 9.70. The molecule has 114 valence electrons. The predicted molar refractivity (Wildman–Crippen MR) is 78.5 cm³/mol. The first-order chi connectivity index (χ1) is 9.69. The summed E-state index contributed by atoms with van der Waals surface area (Å²) in [6.45, 7) is 3.88. The first-order valence-corrected chi connectivity index (χ1v) is 8.35. The molecule has 0 aromatic rings. The van der Waals surface area contributed by atoms with Crippen molar-refractivity contribution in [3.05, 3.63) is 0 Å². The first kappa shape index (κ1) is 14.3. The van der Waals surface area contributed by atoms with Gasteiger partial charge in [0.15, 0.2) is 0 Å². The van der Waals surface area contributed by atoms with Gasteiger partial charge in [-0.2, -0.15) is 0 Å². The highest BCUT2D eigenvalue weighted by molar-refractivity contribution is 5.76. The van der Waals surface area contributed by atoms with Gasteiger partial charge in [-0.15, -0.1) is 0 Å². The standard InChI is InChI=1S/C16H28N2O2/c1-2-20-14-8-12(9-14)10-15(19)18-13-4-7-17-16(11-13)5-3-6-16/h12-14,17H,2-11H2,1H3,(H,18,19). The Kier molecular flexibility index (Phi) is 4.32. The van der Waals surface area contributed by atoms with E-state index >= 15 is 0 Å². The van der Waals surface area contributed by atoms with Crippen LogP contribution in [0.3, 0.4) is 0 Å². The normalized spacial score (nSPS) is 35.1.